The van der Waals surface area contributed by atoms with Gasteiger partial charge in [0.15, 0.2) is 0 Å². The number of hydrogen-bond acceptors (Lipinski definition) is 4. The van der Waals surface area contributed by atoms with E-state index >= 15 is 0 Å². The van der Waals surface area contributed by atoms with E-state index in [9.17, 15) is 10.1 Å². The summed E-state index contributed by atoms with van der Waals surface area (Å²) in [5.41, 5.74) is 2.89. The van der Waals surface area contributed by atoms with E-state index in [1.54, 1.807) is 13.2 Å². The first-order valence-electron chi connectivity index (χ1n) is 7.67. The molecule has 0 aliphatic carbocycles. The van der Waals surface area contributed by atoms with E-state index < -0.39 is 5.91 Å². The second-order valence-corrected chi connectivity index (χ2v) is 5.40. The average Bonchev–Trinajstić information content (AvgIpc) is 2.81. The Morgan fingerprint density at radius 3 is 2.78 bits per heavy atom. The van der Waals surface area contributed by atoms with Crippen molar-refractivity contribution in [2.75, 3.05) is 20.3 Å². The van der Waals surface area contributed by atoms with Gasteiger partial charge in [0, 0.05) is 25.0 Å². The van der Waals surface area contributed by atoms with Gasteiger partial charge in [0.25, 0.3) is 5.91 Å². The van der Waals surface area contributed by atoms with E-state index in [4.69, 9.17) is 9.84 Å². The molecule has 1 rings (SSSR count). The number of hydrogen-bond donors (Lipinski definition) is 2. The quantitative estimate of drug-likeness (QED) is 0.562. The van der Waals surface area contributed by atoms with Crippen LogP contribution in [0.15, 0.2) is 11.6 Å². The number of aromatic nitrogens is 1. The highest BCUT2D eigenvalue weighted by atomic mass is 16.5. The zero-order valence-corrected chi connectivity index (χ0v) is 14.2. The van der Waals surface area contributed by atoms with Crippen LogP contribution >= 0.6 is 0 Å². The summed E-state index contributed by atoms with van der Waals surface area (Å²) in [6, 6.07) is 3.54. The fourth-order valence-corrected chi connectivity index (χ4v) is 2.34. The van der Waals surface area contributed by atoms with Crippen molar-refractivity contribution in [2.24, 2.45) is 0 Å². The number of methoxy groups -OCH3 is 1. The lowest BCUT2D eigenvalue weighted by molar-refractivity contribution is -0.118. The standard InChI is InChI=1S/C17H25N3O3/c1-5-16(11-21)19-17(22)15(10-18)9-14-8-12(2)20(13(14)3)6-7-23-4/h8-9,16,21H,5-7,11H2,1-4H3,(H,19,22)/b15-9+. The number of nitrogens with one attached hydrogen (secondary N) is 1. The number of aliphatic hydroxyl groups excluding tert-OH is 1. The van der Waals surface area contributed by atoms with Gasteiger partial charge in [-0.2, -0.15) is 5.26 Å². The van der Waals surface area contributed by atoms with E-state index in [1.165, 1.54) is 0 Å². The van der Waals surface area contributed by atoms with Crippen LogP contribution in [-0.2, 0) is 16.1 Å². The SMILES string of the molecule is CCC(CO)NC(=O)/C(C#N)=C/c1cc(C)n(CCOC)c1C. The Hall–Kier alpha value is -2.10. The van der Waals surface area contributed by atoms with Gasteiger partial charge in [0.05, 0.1) is 19.3 Å². The summed E-state index contributed by atoms with van der Waals surface area (Å²) in [7, 11) is 1.65. The molecule has 1 unspecified atom stereocenters. The maximum absolute atomic E-state index is 12.1. The monoisotopic (exact) mass is 319 g/mol. The largest absolute Gasteiger partial charge is 0.394 e. The number of rotatable bonds is 8. The number of aliphatic hydroxyl groups is 1. The summed E-state index contributed by atoms with van der Waals surface area (Å²) in [5, 5.41) is 21.1. The molecule has 126 valence electrons. The van der Waals surface area contributed by atoms with Gasteiger partial charge in [-0.25, -0.2) is 0 Å². The van der Waals surface area contributed by atoms with Gasteiger partial charge in [0.1, 0.15) is 11.6 Å². The van der Waals surface area contributed by atoms with Crippen molar-refractivity contribution in [2.45, 2.75) is 39.8 Å². The molecule has 0 bridgehead atoms. The molecule has 1 amide bonds. The molecular weight excluding hydrogens is 294 g/mol. The summed E-state index contributed by atoms with van der Waals surface area (Å²) < 4.78 is 7.19. The smallest absolute Gasteiger partial charge is 0.262 e. The summed E-state index contributed by atoms with van der Waals surface area (Å²) in [6.07, 6.45) is 2.19. The summed E-state index contributed by atoms with van der Waals surface area (Å²) in [5.74, 6) is -0.463. The van der Waals surface area contributed by atoms with Crippen molar-refractivity contribution in [3.63, 3.8) is 0 Å². The molecule has 1 aromatic rings. The lowest BCUT2D eigenvalue weighted by Gasteiger charge is -2.13. The Balaban J connectivity index is 3.03. The number of amides is 1. The second-order valence-electron chi connectivity index (χ2n) is 5.40. The van der Waals surface area contributed by atoms with Crippen LogP contribution in [0.4, 0.5) is 0 Å². The molecule has 0 aliphatic rings. The number of aryl methyl sites for hydroxylation is 1. The highest BCUT2D eigenvalue weighted by Crippen LogP contribution is 2.18. The molecular formula is C17H25N3O3. The van der Waals surface area contributed by atoms with Gasteiger partial charge in [-0.3, -0.25) is 4.79 Å². The van der Waals surface area contributed by atoms with Crippen LogP contribution in [0.2, 0.25) is 0 Å². The molecule has 6 heteroatoms. The molecule has 0 saturated carbocycles. The first-order valence-corrected chi connectivity index (χ1v) is 7.67. The molecule has 6 nitrogen and oxygen atoms in total. The number of carbonyl (C=O) groups excluding carboxylic acids is 1. The van der Waals surface area contributed by atoms with Crippen molar-refractivity contribution in [3.8, 4) is 6.07 Å². The van der Waals surface area contributed by atoms with Gasteiger partial charge >= 0.3 is 0 Å². The predicted octanol–water partition coefficient (Wildman–Crippen LogP) is 1.55. The normalized spacial score (nSPS) is 12.8. The van der Waals surface area contributed by atoms with Crippen molar-refractivity contribution in [3.05, 3.63) is 28.6 Å². The van der Waals surface area contributed by atoms with Crippen molar-refractivity contribution < 1.29 is 14.6 Å². The molecule has 0 fully saturated rings. The number of nitriles is 1. The molecule has 2 N–H and O–H groups in total. The van der Waals surface area contributed by atoms with Crippen LogP contribution in [0.25, 0.3) is 6.08 Å². The third kappa shape index (κ3) is 4.95. The summed E-state index contributed by atoms with van der Waals surface area (Å²) >= 11 is 0. The molecule has 0 aliphatic heterocycles. The summed E-state index contributed by atoms with van der Waals surface area (Å²) in [4.78, 5) is 12.1. The molecule has 23 heavy (non-hydrogen) atoms. The van der Waals surface area contributed by atoms with Crippen molar-refractivity contribution >= 4 is 12.0 Å². The number of nitrogens with zero attached hydrogens (tertiary/aromatic N) is 2. The van der Waals surface area contributed by atoms with Crippen molar-refractivity contribution in [1.82, 2.24) is 9.88 Å². The Morgan fingerprint density at radius 2 is 2.26 bits per heavy atom. The van der Waals surface area contributed by atoms with Gasteiger partial charge in [0.2, 0.25) is 0 Å². The van der Waals surface area contributed by atoms with Crippen LogP contribution in [0.3, 0.4) is 0 Å². The van der Waals surface area contributed by atoms with Crippen LogP contribution in [0.1, 0.15) is 30.3 Å². The number of ether oxygens (including phenoxy) is 1. The van der Waals surface area contributed by atoms with Gasteiger partial charge in [-0.05, 0) is 38.0 Å². The van der Waals surface area contributed by atoms with Crippen molar-refractivity contribution in [1.29, 1.82) is 5.26 Å². The third-order valence-electron chi connectivity index (χ3n) is 3.85. The van der Waals surface area contributed by atoms with Crippen LogP contribution < -0.4 is 5.32 Å². The molecule has 0 saturated heterocycles. The summed E-state index contributed by atoms with van der Waals surface area (Å²) in [6.45, 7) is 6.96. The first-order chi connectivity index (χ1) is 11.0. The highest BCUT2D eigenvalue weighted by Gasteiger charge is 2.15. The number of carbonyl (C=O) groups is 1. The fourth-order valence-electron chi connectivity index (χ4n) is 2.34. The van der Waals surface area contributed by atoms with E-state index in [0.29, 0.717) is 13.0 Å². The van der Waals surface area contributed by atoms with Gasteiger partial charge in [-0.15, -0.1) is 0 Å². The highest BCUT2D eigenvalue weighted by molar-refractivity contribution is 6.02. The molecule has 1 heterocycles. The zero-order chi connectivity index (χ0) is 17.4. The van der Waals surface area contributed by atoms with Crippen LogP contribution in [0, 0.1) is 25.2 Å². The topological polar surface area (TPSA) is 87.3 Å². The van der Waals surface area contributed by atoms with Crippen LogP contribution in [0.5, 0.6) is 0 Å². The first kappa shape index (κ1) is 18.9. The maximum atomic E-state index is 12.1. The van der Waals surface area contributed by atoms with Crippen LogP contribution in [-0.4, -0.2) is 41.9 Å². The average molecular weight is 319 g/mol. The maximum Gasteiger partial charge on any atom is 0.262 e. The molecule has 1 atom stereocenters. The molecule has 1 aromatic heterocycles. The molecule has 0 spiro atoms. The zero-order valence-electron chi connectivity index (χ0n) is 14.2. The second kappa shape index (κ2) is 9.13. The lowest BCUT2D eigenvalue weighted by Crippen LogP contribution is -2.37. The predicted molar refractivity (Wildman–Crippen MR) is 88.7 cm³/mol. The minimum atomic E-state index is -0.463. The minimum Gasteiger partial charge on any atom is -0.394 e. The Labute approximate surface area is 137 Å². The Morgan fingerprint density at radius 1 is 1.57 bits per heavy atom. The fraction of sp³-hybridized carbons (Fsp3) is 0.529. The van der Waals surface area contributed by atoms with E-state index in [1.807, 2.05) is 32.9 Å². The third-order valence-corrected chi connectivity index (χ3v) is 3.85. The Kier molecular flexibility index (Phi) is 7.52. The van der Waals surface area contributed by atoms with Gasteiger partial charge < -0.3 is 19.7 Å². The molecule has 0 aromatic carbocycles. The van der Waals surface area contributed by atoms with E-state index in [2.05, 4.69) is 9.88 Å². The molecule has 0 radical (unpaired) electrons. The van der Waals surface area contributed by atoms with E-state index in [0.717, 1.165) is 23.5 Å². The lowest BCUT2D eigenvalue weighted by atomic mass is 10.1. The van der Waals surface area contributed by atoms with E-state index in [-0.39, 0.29) is 18.2 Å². The minimum absolute atomic E-state index is 0.0314. The Bertz CT molecular complexity index is 607. The van der Waals surface area contributed by atoms with Gasteiger partial charge in [-0.1, -0.05) is 6.92 Å².